The Morgan fingerprint density at radius 2 is 1.76 bits per heavy atom. The maximum absolute atomic E-state index is 12.2. The average Bonchev–Trinajstić information content (AvgIpc) is 2.83. The molecule has 138 valence electrons. The smallest absolute Gasteiger partial charge is 0.323 e. The molecule has 0 saturated carbocycles. The topological polar surface area (TPSA) is 89.5 Å². The van der Waals surface area contributed by atoms with E-state index in [1.54, 1.807) is 12.1 Å². The van der Waals surface area contributed by atoms with Crippen molar-refractivity contribution < 1.29 is 22.6 Å². The first-order valence-corrected chi connectivity index (χ1v) is 9.60. The first-order valence-electron chi connectivity index (χ1n) is 8.16. The lowest BCUT2D eigenvalue weighted by molar-refractivity contribution is 0.286. The summed E-state index contributed by atoms with van der Waals surface area (Å²) < 4.78 is 47.1. The summed E-state index contributed by atoms with van der Waals surface area (Å²) in [6.45, 7) is 0.739. The van der Waals surface area contributed by atoms with Crippen molar-refractivity contribution in [2.24, 2.45) is 4.40 Å². The number of hydrogen-bond donors (Lipinski definition) is 1. The van der Waals surface area contributed by atoms with Crippen molar-refractivity contribution in [3.63, 3.8) is 0 Å². The monoisotopic (exact) mass is 369 g/mol. The molecule has 0 amide bonds. The van der Waals surface area contributed by atoms with Crippen LogP contribution in [0.1, 0.15) is 37.4 Å². The molecular formula is C16H23N3O5S. The van der Waals surface area contributed by atoms with E-state index in [1.165, 1.54) is 21.3 Å². The minimum Gasteiger partial charge on any atom is -0.493 e. The molecule has 1 saturated heterocycles. The molecule has 1 aromatic carbocycles. The molecule has 25 heavy (non-hydrogen) atoms. The molecule has 1 aromatic rings. The Morgan fingerprint density at radius 1 is 1.08 bits per heavy atom. The van der Waals surface area contributed by atoms with Crippen molar-refractivity contribution in [1.29, 1.82) is 0 Å². The van der Waals surface area contributed by atoms with Gasteiger partial charge in [0.2, 0.25) is 5.75 Å². The van der Waals surface area contributed by atoms with Gasteiger partial charge in [0.05, 0.1) is 21.3 Å². The molecule has 2 heterocycles. The zero-order valence-corrected chi connectivity index (χ0v) is 15.4. The van der Waals surface area contributed by atoms with Crippen molar-refractivity contribution in [2.45, 2.75) is 31.8 Å². The van der Waals surface area contributed by atoms with E-state index in [4.69, 9.17) is 14.2 Å². The predicted octanol–water partition coefficient (Wildman–Crippen LogP) is 1.83. The molecule has 1 N–H and O–H groups in total. The van der Waals surface area contributed by atoms with Crippen LogP contribution in [-0.2, 0) is 10.2 Å². The van der Waals surface area contributed by atoms with Crippen LogP contribution in [0.25, 0.3) is 0 Å². The molecule has 0 aliphatic carbocycles. The maximum Gasteiger partial charge on any atom is 0.323 e. The Kier molecular flexibility index (Phi) is 5.05. The molecule has 1 atom stereocenters. The van der Waals surface area contributed by atoms with Gasteiger partial charge in [0.1, 0.15) is 12.0 Å². The van der Waals surface area contributed by atoms with Crippen LogP contribution < -0.4 is 18.9 Å². The van der Waals surface area contributed by atoms with Crippen LogP contribution in [0.15, 0.2) is 16.5 Å². The normalized spacial score (nSPS) is 22.4. The quantitative estimate of drug-likeness (QED) is 0.871. The lowest BCUT2D eigenvalue weighted by atomic mass is 10.1. The fraction of sp³-hybridized carbons (Fsp3) is 0.562. The van der Waals surface area contributed by atoms with Gasteiger partial charge < -0.3 is 19.1 Å². The average molecular weight is 369 g/mol. The fourth-order valence-electron chi connectivity index (χ4n) is 3.27. The van der Waals surface area contributed by atoms with Gasteiger partial charge in [-0.05, 0) is 30.5 Å². The second-order valence-corrected chi connectivity index (χ2v) is 7.33. The van der Waals surface area contributed by atoms with E-state index in [-0.39, 0.29) is 0 Å². The van der Waals surface area contributed by atoms with E-state index in [2.05, 4.69) is 9.12 Å². The number of rotatable bonds is 4. The van der Waals surface area contributed by atoms with Gasteiger partial charge in [0, 0.05) is 13.0 Å². The summed E-state index contributed by atoms with van der Waals surface area (Å²) >= 11 is 0. The zero-order valence-electron chi connectivity index (χ0n) is 14.6. The first kappa shape index (κ1) is 17.8. The van der Waals surface area contributed by atoms with E-state index in [9.17, 15) is 8.42 Å². The molecule has 3 rings (SSSR count). The van der Waals surface area contributed by atoms with E-state index in [0.717, 1.165) is 25.8 Å². The fourth-order valence-corrected chi connectivity index (χ4v) is 4.34. The highest BCUT2D eigenvalue weighted by Gasteiger charge is 2.35. The Labute approximate surface area is 148 Å². The number of methoxy groups -OCH3 is 3. The van der Waals surface area contributed by atoms with E-state index in [0.29, 0.717) is 35.1 Å². The highest BCUT2D eigenvalue weighted by molar-refractivity contribution is 7.88. The van der Waals surface area contributed by atoms with E-state index in [1.807, 2.05) is 4.90 Å². The minimum atomic E-state index is -3.74. The van der Waals surface area contributed by atoms with Crippen LogP contribution >= 0.6 is 0 Å². The number of benzene rings is 1. The summed E-state index contributed by atoms with van der Waals surface area (Å²) in [5.41, 5.74) is 0.715. The van der Waals surface area contributed by atoms with Crippen molar-refractivity contribution in [3.8, 4) is 17.2 Å². The molecule has 9 heteroatoms. The van der Waals surface area contributed by atoms with Gasteiger partial charge in [-0.25, -0.2) is 0 Å². The number of nitrogens with zero attached hydrogens (tertiary/aromatic N) is 2. The van der Waals surface area contributed by atoms with Gasteiger partial charge in [-0.1, -0.05) is 6.42 Å². The molecular weight excluding hydrogens is 346 g/mol. The summed E-state index contributed by atoms with van der Waals surface area (Å²) in [7, 11) is 0.858. The molecule has 2 aliphatic rings. The largest absolute Gasteiger partial charge is 0.493 e. The lowest BCUT2D eigenvalue weighted by Crippen LogP contribution is -2.48. The van der Waals surface area contributed by atoms with Crippen molar-refractivity contribution in [1.82, 2.24) is 9.62 Å². The van der Waals surface area contributed by atoms with Crippen molar-refractivity contribution in [3.05, 3.63) is 17.7 Å². The van der Waals surface area contributed by atoms with Gasteiger partial charge >= 0.3 is 10.2 Å². The third-order valence-electron chi connectivity index (χ3n) is 4.43. The highest BCUT2D eigenvalue weighted by atomic mass is 32.2. The molecule has 0 radical (unpaired) electrons. The summed E-state index contributed by atoms with van der Waals surface area (Å²) in [4.78, 5) is 2.01. The van der Waals surface area contributed by atoms with E-state index < -0.39 is 16.4 Å². The van der Waals surface area contributed by atoms with Crippen LogP contribution in [0.3, 0.4) is 0 Å². The molecule has 1 fully saturated rings. The Balaban J connectivity index is 2.09. The molecule has 0 aromatic heterocycles. The van der Waals surface area contributed by atoms with E-state index >= 15 is 0 Å². The van der Waals surface area contributed by atoms with Crippen molar-refractivity contribution >= 4 is 16.0 Å². The molecule has 2 aliphatic heterocycles. The Hall–Kier alpha value is -2.00. The molecule has 0 spiro atoms. The second-order valence-electron chi connectivity index (χ2n) is 5.97. The van der Waals surface area contributed by atoms with Crippen LogP contribution in [-0.4, -0.2) is 47.0 Å². The maximum atomic E-state index is 12.2. The Morgan fingerprint density at radius 3 is 2.36 bits per heavy atom. The number of ether oxygens (including phenoxy) is 3. The van der Waals surface area contributed by atoms with Crippen molar-refractivity contribution in [2.75, 3.05) is 27.9 Å². The zero-order chi connectivity index (χ0) is 18.0. The van der Waals surface area contributed by atoms with Crippen LogP contribution in [0.2, 0.25) is 0 Å². The number of nitrogens with one attached hydrogen (secondary N) is 1. The second kappa shape index (κ2) is 7.09. The van der Waals surface area contributed by atoms with Gasteiger partial charge in [-0.2, -0.15) is 13.1 Å². The number of amidine groups is 1. The van der Waals surface area contributed by atoms with Crippen LogP contribution in [0.5, 0.6) is 17.2 Å². The lowest BCUT2D eigenvalue weighted by Gasteiger charge is -2.36. The number of fused-ring (bicyclic) bond motifs is 1. The first-order chi connectivity index (χ1) is 12.0. The summed E-state index contributed by atoms with van der Waals surface area (Å²) in [5.74, 6) is 2.04. The SMILES string of the molecule is COc1cc([C@@H]2NS(=O)(=O)N=C3CCCCCN32)cc(OC)c1OC. The predicted molar refractivity (Wildman–Crippen MR) is 93.5 cm³/mol. The van der Waals surface area contributed by atoms with Gasteiger partial charge in [0.15, 0.2) is 11.5 Å². The summed E-state index contributed by atoms with van der Waals surface area (Å²) in [6, 6.07) is 3.53. The number of hydrogen-bond acceptors (Lipinski definition) is 6. The minimum absolute atomic E-state index is 0.470. The Bertz CT molecular complexity index is 753. The van der Waals surface area contributed by atoms with Crippen LogP contribution in [0.4, 0.5) is 0 Å². The standard InChI is InChI=1S/C16H23N3O5S/c1-22-12-9-11(10-13(23-2)15(12)24-3)16-18-25(20,21)17-14-7-5-4-6-8-19(14)16/h9-10,16,18H,4-8H2,1-3H3/t16-/m1/s1. The third-order valence-corrected chi connectivity index (χ3v) is 5.40. The highest BCUT2D eigenvalue weighted by Crippen LogP contribution is 2.41. The van der Waals surface area contributed by atoms with Gasteiger partial charge in [0.25, 0.3) is 0 Å². The molecule has 0 bridgehead atoms. The van der Waals surface area contributed by atoms with Gasteiger partial charge in [-0.3, -0.25) is 0 Å². The van der Waals surface area contributed by atoms with Gasteiger partial charge in [-0.15, -0.1) is 4.40 Å². The third kappa shape index (κ3) is 3.52. The molecule has 8 nitrogen and oxygen atoms in total. The summed E-state index contributed by atoms with van der Waals surface area (Å²) in [5, 5.41) is 0. The molecule has 0 unspecified atom stereocenters. The van der Waals surface area contributed by atoms with Crippen LogP contribution in [0, 0.1) is 0 Å². The summed E-state index contributed by atoms with van der Waals surface area (Å²) in [6.07, 6.45) is 3.08.